The van der Waals surface area contributed by atoms with Crippen LogP contribution in [-0.4, -0.2) is 5.97 Å². The molecular weight excluding hydrogens is 392 g/mol. The van der Waals surface area contributed by atoms with Gasteiger partial charge in [-0.1, -0.05) is 70.2 Å². The monoisotopic (exact) mass is 426 g/mol. The second-order valence-electron chi connectivity index (χ2n) is 9.94. The highest BCUT2D eigenvalue weighted by Crippen LogP contribution is 2.49. The van der Waals surface area contributed by atoms with Gasteiger partial charge in [0.15, 0.2) is 6.10 Å². The molecule has 1 aliphatic heterocycles. The van der Waals surface area contributed by atoms with Gasteiger partial charge in [-0.05, 0) is 84.0 Å². The highest BCUT2D eigenvalue weighted by Gasteiger charge is 2.37. The molecule has 0 fully saturated rings. The first-order chi connectivity index (χ1) is 15.1. The smallest absolute Gasteiger partial charge is 0.335 e. The van der Waals surface area contributed by atoms with Crippen molar-refractivity contribution in [2.24, 2.45) is 0 Å². The molecule has 0 spiro atoms. The van der Waals surface area contributed by atoms with Crippen LogP contribution in [0.1, 0.15) is 91.5 Å². The fraction of sp³-hybridized carbons (Fsp3) is 0.367. The summed E-state index contributed by atoms with van der Waals surface area (Å²) in [4.78, 5) is 12.8. The van der Waals surface area contributed by atoms with Crippen LogP contribution in [-0.2, 0) is 9.53 Å². The number of aryl methyl sites for hydroxylation is 3. The second-order valence-corrected chi connectivity index (χ2v) is 9.94. The Hall–Kier alpha value is -2.87. The van der Waals surface area contributed by atoms with Gasteiger partial charge >= 0.3 is 5.97 Å². The molecule has 1 aromatic carbocycles. The quantitative estimate of drug-likeness (QED) is 0.395. The van der Waals surface area contributed by atoms with Gasteiger partial charge in [0.2, 0.25) is 0 Å². The van der Waals surface area contributed by atoms with E-state index in [2.05, 4.69) is 90.9 Å². The minimum atomic E-state index is -0.374. The number of ether oxygens (including phenoxy) is 1. The van der Waals surface area contributed by atoms with Gasteiger partial charge in [-0.25, -0.2) is 4.79 Å². The maximum absolute atomic E-state index is 12.8. The average molecular weight is 427 g/mol. The van der Waals surface area contributed by atoms with Gasteiger partial charge in [0.05, 0.1) is 0 Å². The van der Waals surface area contributed by atoms with Crippen LogP contribution in [0.15, 0.2) is 48.0 Å². The summed E-state index contributed by atoms with van der Waals surface area (Å²) in [6.45, 7) is 17.2. The molecule has 0 aromatic heterocycles. The van der Waals surface area contributed by atoms with Gasteiger partial charge in [0, 0.05) is 16.7 Å². The molecule has 2 aliphatic carbocycles. The predicted octanol–water partition coefficient (Wildman–Crippen LogP) is 8.04. The lowest BCUT2D eigenvalue weighted by molar-refractivity contribution is -0.139. The van der Waals surface area contributed by atoms with Crippen molar-refractivity contribution in [1.29, 1.82) is 0 Å². The molecule has 1 aromatic rings. The van der Waals surface area contributed by atoms with Crippen molar-refractivity contribution in [3.63, 3.8) is 0 Å². The molecular formula is C30H34O2. The molecule has 166 valence electrons. The van der Waals surface area contributed by atoms with Crippen molar-refractivity contribution >= 4 is 11.5 Å². The Morgan fingerprint density at radius 1 is 0.719 bits per heavy atom. The van der Waals surface area contributed by atoms with Crippen LogP contribution in [0.3, 0.4) is 0 Å². The predicted molar refractivity (Wildman–Crippen MR) is 133 cm³/mol. The van der Waals surface area contributed by atoms with Crippen molar-refractivity contribution in [3.05, 3.63) is 87.0 Å². The Kier molecular flexibility index (Phi) is 5.75. The Labute approximate surface area is 192 Å². The van der Waals surface area contributed by atoms with Crippen LogP contribution < -0.4 is 0 Å². The third kappa shape index (κ3) is 3.66. The molecule has 2 nitrogen and oxygen atoms in total. The fourth-order valence-corrected chi connectivity index (χ4v) is 4.83. The van der Waals surface area contributed by atoms with E-state index in [0.29, 0.717) is 17.4 Å². The van der Waals surface area contributed by atoms with E-state index in [9.17, 15) is 4.79 Å². The molecule has 2 heteroatoms. The van der Waals surface area contributed by atoms with Gasteiger partial charge in [-0.15, -0.1) is 0 Å². The van der Waals surface area contributed by atoms with Crippen LogP contribution in [0.2, 0.25) is 0 Å². The maximum Gasteiger partial charge on any atom is 0.335 e. The van der Waals surface area contributed by atoms with Crippen LogP contribution in [0.4, 0.5) is 0 Å². The molecule has 0 saturated heterocycles. The number of hydrogen-bond acceptors (Lipinski definition) is 2. The van der Waals surface area contributed by atoms with E-state index in [1.54, 1.807) is 0 Å². The molecule has 0 bridgehead atoms. The lowest BCUT2D eigenvalue weighted by atomic mass is 9.87. The van der Waals surface area contributed by atoms with Crippen molar-refractivity contribution in [1.82, 2.24) is 0 Å². The molecule has 32 heavy (non-hydrogen) atoms. The normalized spacial score (nSPS) is 16.6. The summed E-state index contributed by atoms with van der Waals surface area (Å²) in [5.74, 6) is 0.652. The third-order valence-electron chi connectivity index (χ3n) is 6.96. The number of benzene rings is 1. The number of esters is 1. The zero-order valence-corrected chi connectivity index (χ0v) is 20.6. The molecule has 0 unspecified atom stereocenters. The number of cyclic esters (lactones) is 1. The summed E-state index contributed by atoms with van der Waals surface area (Å²) < 4.78 is 6.01. The first-order valence-corrected chi connectivity index (χ1v) is 11.7. The first kappa shape index (κ1) is 22.3. The lowest BCUT2D eigenvalue weighted by Crippen LogP contribution is -2.06. The average Bonchev–Trinajstić information content (AvgIpc) is 3.12. The lowest BCUT2D eigenvalue weighted by Gasteiger charge is -2.20. The van der Waals surface area contributed by atoms with Crippen LogP contribution in [0.25, 0.3) is 16.7 Å². The molecule has 4 rings (SSSR count). The summed E-state index contributed by atoms with van der Waals surface area (Å²) in [6, 6.07) is 15.6. The highest BCUT2D eigenvalue weighted by atomic mass is 16.5. The minimum absolute atomic E-state index is 0.216. The van der Waals surface area contributed by atoms with Crippen molar-refractivity contribution in [3.8, 4) is 11.1 Å². The summed E-state index contributed by atoms with van der Waals surface area (Å²) in [6.07, 6.45) is -0.374. The zero-order chi connectivity index (χ0) is 23.3. The second kappa shape index (κ2) is 8.24. The van der Waals surface area contributed by atoms with E-state index in [1.165, 1.54) is 33.4 Å². The van der Waals surface area contributed by atoms with Crippen LogP contribution in [0.5, 0.6) is 0 Å². The SMILES string of the molecule is CC1=C(c2cc(C)c3cc(C(C)C)ccc(C)c2-3)[C@@H](c2cc(C(C)C)ccc2C)OC1=O. The summed E-state index contributed by atoms with van der Waals surface area (Å²) >= 11 is 0. The van der Waals surface area contributed by atoms with Crippen molar-refractivity contribution in [2.45, 2.75) is 73.3 Å². The van der Waals surface area contributed by atoms with E-state index in [0.717, 1.165) is 22.3 Å². The van der Waals surface area contributed by atoms with Gasteiger partial charge < -0.3 is 4.74 Å². The number of fused-ring (bicyclic) bond motifs is 1. The Morgan fingerprint density at radius 2 is 1.31 bits per heavy atom. The molecule has 1 atom stereocenters. The van der Waals surface area contributed by atoms with E-state index >= 15 is 0 Å². The van der Waals surface area contributed by atoms with E-state index in [4.69, 9.17) is 4.74 Å². The number of carbonyl (C=O) groups is 1. The van der Waals surface area contributed by atoms with Crippen LogP contribution >= 0.6 is 0 Å². The first-order valence-electron chi connectivity index (χ1n) is 11.7. The van der Waals surface area contributed by atoms with E-state index in [-0.39, 0.29) is 12.1 Å². The number of hydrogen-bond donors (Lipinski definition) is 0. The number of rotatable bonds is 4. The van der Waals surface area contributed by atoms with Gasteiger partial charge in [-0.2, -0.15) is 0 Å². The minimum Gasteiger partial charge on any atom is -0.449 e. The maximum atomic E-state index is 12.8. The summed E-state index contributed by atoms with van der Waals surface area (Å²) in [7, 11) is 0. The Morgan fingerprint density at radius 3 is 1.94 bits per heavy atom. The van der Waals surface area contributed by atoms with Gasteiger partial charge in [-0.3, -0.25) is 0 Å². The molecule has 0 radical (unpaired) electrons. The molecule has 0 N–H and O–H groups in total. The Bertz CT molecular complexity index is 1210. The van der Waals surface area contributed by atoms with Gasteiger partial charge in [0.25, 0.3) is 0 Å². The van der Waals surface area contributed by atoms with E-state index < -0.39 is 0 Å². The molecule has 1 heterocycles. The topological polar surface area (TPSA) is 26.3 Å². The standard InChI is InChI=1S/C30H34O2/c1-16(2)22-12-10-19(6)27-24(14-22)20(7)13-26(27)28-21(8)30(31)32-29(28)25-15-23(17(3)4)11-9-18(25)5/h9-17,29H,1-8H3/t29-/m1/s1. The van der Waals surface area contributed by atoms with E-state index in [1.807, 2.05) is 6.92 Å². The van der Waals surface area contributed by atoms with Crippen molar-refractivity contribution < 1.29 is 9.53 Å². The molecule has 0 amide bonds. The Balaban J connectivity index is 1.95. The van der Waals surface area contributed by atoms with Crippen molar-refractivity contribution in [2.75, 3.05) is 0 Å². The third-order valence-corrected chi connectivity index (χ3v) is 6.96. The summed E-state index contributed by atoms with van der Waals surface area (Å²) in [5, 5.41) is 0. The fourth-order valence-electron chi connectivity index (χ4n) is 4.83. The molecule has 0 saturated carbocycles. The highest BCUT2D eigenvalue weighted by molar-refractivity contribution is 6.05. The largest absolute Gasteiger partial charge is 0.449 e. The summed E-state index contributed by atoms with van der Waals surface area (Å²) in [5.41, 5.74) is 12.6. The van der Waals surface area contributed by atoms with Crippen LogP contribution in [0, 0.1) is 20.8 Å². The van der Waals surface area contributed by atoms with Gasteiger partial charge in [0.1, 0.15) is 0 Å². The zero-order valence-electron chi connectivity index (χ0n) is 20.6. The molecule has 3 aliphatic rings. The number of carbonyl (C=O) groups excluding carboxylic acids is 1.